The third-order valence-corrected chi connectivity index (χ3v) is 2.01. The number of alkyl halides is 3. The van der Waals surface area contributed by atoms with E-state index in [0.29, 0.717) is 5.56 Å². The predicted molar refractivity (Wildman–Crippen MR) is 56.2 cm³/mol. The molecule has 2 N–H and O–H groups in total. The number of nitrogens with zero attached hydrogens (tertiary/aromatic N) is 1. The van der Waals surface area contributed by atoms with Gasteiger partial charge in [-0.3, -0.25) is 0 Å². The number of nitrogens with two attached hydrogens (primary N) is 1. The molecule has 1 unspecified atom stereocenters. The van der Waals surface area contributed by atoms with Crippen molar-refractivity contribution < 1.29 is 17.9 Å². The first-order chi connectivity index (χ1) is 6.48. The van der Waals surface area contributed by atoms with Gasteiger partial charge in [-0.05, 0) is 6.07 Å². The van der Waals surface area contributed by atoms with E-state index in [0.717, 1.165) is 12.3 Å². The maximum atomic E-state index is 12.3. The average Bonchev–Trinajstić information content (AvgIpc) is 2.46. The van der Waals surface area contributed by atoms with Crippen LogP contribution in [0.3, 0.4) is 0 Å². The van der Waals surface area contributed by atoms with Gasteiger partial charge in [-0.2, -0.15) is 13.2 Å². The van der Waals surface area contributed by atoms with Crippen molar-refractivity contribution in [2.75, 3.05) is 6.61 Å². The second-order valence-corrected chi connectivity index (χ2v) is 3.03. The number of hydrogen-bond donors (Lipinski definition) is 1. The molecule has 1 aromatic rings. The summed E-state index contributed by atoms with van der Waals surface area (Å²) in [6.45, 7) is 0.184. The molecule has 3 nitrogen and oxygen atoms in total. The molecular formula is C8H9Cl2F3N2O. The van der Waals surface area contributed by atoms with E-state index in [2.05, 4.69) is 4.98 Å². The molecule has 0 aromatic carbocycles. The molecule has 0 saturated heterocycles. The van der Waals surface area contributed by atoms with Crippen LogP contribution >= 0.6 is 24.8 Å². The van der Waals surface area contributed by atoms with Gasteiger partial charge in [0.05, 0.1) is 11.6 Å². The molecule has 8 heteroatoms. The molecule has 0 saturated carbocycles. The molecule has 0 spiro atoms. The maximum Gasteiger partial charge on any atom is 0.417 e. The van der Waals surface area contributed by atoms with Gasteiger partial charge in [0.15, 0.2) is 0 Å². The summed E-state index contributed by atoms with van der Waals surface area (Å²) < 4.78 is 41.8. The third-order valence-electron chi connectivity index (χ3n) is 2.01. The molecule has 92 valence electrons. The Hall–Kier alpha value is -0.720. The zero-order chi connectivity index (χ0) is 10.3. The Morgan fingerprint density at radius 2 is 2.00 bits per heavy atom. The zero-order valence-electron chi connectivity index (χ0n) is 7.82. The predicted octanol–water partition coefficient (Wildman–Crippen LogP) is 2.34. The molecule has 1 aliphatic heterocycles. The zero-order valence-corrected chi connectivity index (χ0v) is 9.46. The van der Waals surface area contributed by atoms with Crippen LogP contribution in [0.15, 0.2) is 12.3 Å². The highest BCUT2D eigenvalue weighted by molar-refractivity contribution is 5.85. The van der Waals surface area contributed by atoms with E-state index in [1.807, 2.05) is 0 Å². The molecule has 0 amide bonds. The molecule has 2 heterocycles. The van der Waals surface area contributed by atoms with Crippen molar-refractivity contribution in [3.05, 3.63) is 23.4 Å². The molecule has 0 radical (unpaired) electrons. The van der Waals surface area contributed by atoms with Crippen LogP contribution in [0, 0.1) is 0 Å². The lowest BCUT2D eigenvalue weighted by Gasteiger charge is -2.07. The number of pyridine rings is 1. The standard InChI is InChI=1S/C8H7F3N2O.2ClH/c9-8(10,11)4-1-5-6(12)3-14-7(5)13-2-4;;/h1-2,6H,3,12H2;2*1H. The summed E-state index contributed by atoms with van der Waals surface area (Å²) in [7, 11) is 0. The van der Waals surface area contributed by atoms with Crippen molar-refractivity contribution in [1.29, 1.82) is 0 Å². The van der Waals surface area contributed by atoms with Crippen LogP contribution in [-0.4, -0.2) is 11.6 Å². The van der Waals surface area contributed by atoms with Crippen molar-refractivity contribution in [1.82, 2.24) is 4.98 Å². The number of rotatable bonds is 0. The van der Waals surface area contributed by atoms with Crippen molar-refractivity contribution in [2.24, 2.45) is 5.73 Å². The largest absolute Gasteiger partial charge is 0.475 e. The van der Waals surface area contributed by atoms with Crippen LogP contribution in [0.1, 0.15) is 17.2 Å². The van der Waals surface area contributed by atoms with Gasteiger partial charge in [0.25, 0.3) is 0 Å². The summed E-state index contributed by atoms with van der Waals surface area (Å²) in [5.41, 5.74) is 5.05. The van der Waals surface area contributed by atoms with Crippen molar-refractivity contribution in [2.45, 2.75) is 12.2 Å². The Morgan fingerprint density at radius 3 is 2.56 bits per heavy atom. The first kappa shape index (κ1) is 15.3. The summed E-state index contributed by atoms with van der Waals surface area (Å²) in [5.74, 6) is 0.200. The minimum atomic E-state index is -4.38. The number of hydrogen-bond acceptors (Lipinski definition) is 3. The quantitative estimate of drug-likeness (QED) is 0.791. The Morgan fingerprint density at radius 1 is 1.38 bits per heavy atom. The van der Waals surface area contributed by atoms with Crippen LogP contribution in [0.2, 0.25) is 0 Å². The lowest BCUT2D eigenvalue weighted by Crippen LogP contribution is -2.12. The first-order valence-corrected chi connectivity index (χ1v) is 3.94. The summed E-state index contributed by atoms with van der Waals surface area (Å²) >= 11 is 0. The summed E-state index contributed by atoms with van der Waals surface area (Å²) in [5, 5.41) is 0. The van der Waals surface area contributed by atoms with Gasteiger partial charge >= 0.3 is 6.18 Å². The summed E-state index contributed by atoms with van der Waals surface area (Å²) in [6, 6.07) is 0.472. The van der Waals surface area contributed by atoms with Crippen LogP contribution in [-0.2, 0) is 6.18 Å². The number of ether oxygens (including phenoxy) is 1. The van der Waals surface area contributed by atoms with Gasteiger partial charge in [-0.15, -0.1) is 24.8 Å². The van der Waals surface area contributed by atoms with E-state index in [1.165, 1.54) is 0 Å². The molecule has 1 atom stereocenters. The Labute approximate surface area is 102 Å². The molecule has 0 bridgehead atoms. The second kappa shape index (κ2) is 5.07. The van der Waals surface area contributed by atoms with E-state index in [-0.39, 0.29) is 37.3 Å². The summed E-state index contributed by atoms with van der Waals surface area (Å²) in [4.78, 5) is 3.55. The Kier molecular flexibility index (Phi) is 4.85. The molecule has 0 fully saturated rings. The number of aromatic nitrogens is 1. The monoisotopic (exact) mass is 276 g/mol. The normalized spacial score (nSPS) is 17.9. The smallest absolute Gasteiger partial charge is 0.417 e. The van der Waals surface area contributed by atoms with Crippen LogP contribution in [0.5, 0.6) is 5.88 Å². The highest BCUT2D eigenvalue weighted by Crippen LogP contribution is 2.35. The molecule has 1 aromatic heterocycles. The van der Waals surface area contributed by atoms with Crippen LogP contribution in [0.4, 0.5) is 13.2 Å². The first-order valence-electron chi connectivity index (χ1n) is 3.94. The minimum absolute atomic E-state index is 0. The lowest BCUT2D eigenvalue weighted by molar-refractivity contribution is -0.137. The molecule has 2 rings (SSSR count). The van der Waals surface area contributed by atoms with Crippen molar-refractivity contribution >= 4 is 24.8 Å². The van der Waals surface area contributed by atoms with E-state index < -0.39 is 17.8 Å². The summed E-state index contributed by atoms with van der Waals surface area (Å²) in [6.07, 6.45) is -3.64. The second-order valence-electron chi connectivity index (χ2n) is 3.03. The highest BCUT2D eigenvalue weighted by Gasteiger charge is 2.33. The SMILES string of the molecule is Cl.Cl.NC1COc2ncc(C(F)(F)F)cc21. The minimum Gasteiger partial charge on any atom is -0.475 e. The Balaban J connectivity index is 0.00000112. The van der Waals surface area contributed by atoms with E-state index in [4.69, 9.17) is 10.5 Å². The van der Waals surface area contributed by atoms with Crippen molar-refractivity contribution in [3.8, 4) is 5.88 Å². The van der Waals surface area contributed by atoms with Gasteiger partial charge in [0, 0.05) is 11.8 Å². The molecule has 0 aliphatic carbocycles. The van der Waals surface area contributed by atoms with Crippen LogP contribution < -0.4 is 10.5 Å². The van der Waals surface area contributed by atoms with Gasteiger partial charge < -0.3 is 10.5 Å². The molecular weight excluding hydrogens is 268 g/mol. The van der Waals surface area contributed by atoms with Crippen LogP contribution in [0.25, 0.3) is 0 Å². The van der Waals surface area contributed by atoms with E-state index in [1.54, 1.807) is 0 Å². The third kappa shape index (κ3) is 2.69. The lowest BCUT2D eigenvalue weighted by atomic mass is 10.1. The fourth-order valence-electron chi connectivity index (χ4n) is 1.27. The number of halogens is 5. The van der Waals surface area contributed by atoms with Gasteiger partial charge in [-0.25, -0.2) is 4.98 Å². The van der Waals surface area contributed by atoms with E-state index >= 15 is 0 Å². The fourth-order valence-corrected chi connectivity index (χ4v) is 1.27. The number of fused-ring (bicyclic) bond motifs is 1. The Bertz CT molecular complexity index is 373. The van der Waals surface area contributed by atoms with Gasteiger partial charge in [0.1, 0.15) is 6.61 Å². The topological polar surface area (TPSA) is 48.1 Å². The van der Waals surface area contributed by atoms with E-state index in [9.17, 15) is 13.2 Å². The van der Waals surface area contributed by atoms with Gasteiger partial charge in [0.2, 0.25) is 5.88 Å². The molecule has 16 heavy (non-hydrogen) atoms. The van der Waals surface area contributed by atoms with Crippen molar-refractivity contribution in [3.63, 3.8) is 0 Å². The molecule has 1 aliphatic rings. The maximum absolute atomic E-state index is 12.3. The highest BCUT2D eigenvalue weighted by atomic mass is 35.5. The fraction of sp³-hybridized carbons (Fsp3) is 0.375. The average molecular weight is 277 g/mol. The van der Waals surface area contributed by atoms with Gasteiger partial charge in [-0.1, -0.05) is 0 Å².